The van der Waals surface area contributed by atoms with Crippen LogP contribution in [0.4, 0.5) is 0 Å². The number of thioether (sulfide) groups is 1. The Morgan fingerprint density at radius 1 is 1.17 bits per heavy atom. The largest absolute Gasteiger partial charge is 0.486 e. The van der Waals surface area contributed by atoms with Gasteiger partial charge in [-0.25, -0.2) is 0 Å². The number of amides is 1. The maximum atomic E-state index is 12.0. The van der Waals surface area contributed by atoms with Gasteiger partial charge in [0.05, 0.1) is 0 Å². The quantitative estimate of drug-likeness (QED) is 0.706. The minimum absolute atomic E-state index is 0.190. The molecule has 132 valence electrons. The molecule has 1 N–H and O–H groups in total. The van der Waals surface area contributed by atoms with Crippen LogP contribution in [0.15, 0.2) is 16.6 Å². The highest BCUT2D eigenvalue weighted by Gasteiger charge is 2.16. The second kappa shape index (κ2) is 8.99. The van der Waals surface area contributed by atoms with E-state index < -0.39 is 0 Å². The number of fused-ring (bicyclic) bond motifs is 1. The molecule has 1 aliphatic heterocycles. The highest BCUT2D eigenvalue weighted by atomic mass is 79.9. The Kier molecular flexibility index (Phi) is 6.72. The monoisotopic (exact) mass is 413 g/mol. The first-order valence-electron chi connectivity index (χ1n) is 8.67. The molecule has 1 aliphatic carbocycles. The van der Waals surface area contributed by atoms with Gasteiger partial charge in [0.15, 0.2) is 11.5 Å². The van der Waals surface area contributed by atoms with Gasteiger partial charge in [-0.15, -0.1) is 0 Å². The highest BCUT2D eigenvalue weighted by Crippen LogP contribution is 2.36. The maximum absolute atomic E-state index is 12.0. The van der Waals surface area contributed by atoms with Crippen LogP contribution in [0.25, 0.3) is 0 Å². The number of carbonyl (C=O) groups excluding carboxylic acids is 1. The van der Waals surface area contributed by atoms with Gasteiger partial charge in [0.1, 0.15) is 13.2 Å². The number of hydrogen-bond acceptors (Lipinski definition) is 4. The van der Waals surface area contributed by atoms with Crippen molar-refractivity contribution in [1.29, 1.82) is 0 Å². The number of ether oxygens (including phenoxy) is 2. The van der Waals surface area contributed by atoms with Gasteiger partial charge in [0.25, 0.3) is 0 Å². The molecule has 1 aromatic rings. The van der Waals surface area contributed by atoms with Gasteiger partial charge in [-0.3, -0.25) is 4.79 Å². The van der Waals surface area contributed by atoms with Crippen LogP contribution in [-0.4, -0.2) is 30.9 Å². The van der Waals surface area contributed by atoms with Crippen molar-refractivity contribution in [3.63, 3.8) is 0 Å². The Morgan fingerprint density at radius 3 is 2.62 bits per heavy atom. The molecule has 4 nitrogen and oxygen atoms in total. The number of halogens is 1. The van der Waals surface area contributed by atoms with E-state index in [-0.39, 0.29) is 5.91 Å². The van der Waals surface area contributed by atoms with Gasteiger partial charge in [0, 0.05) is 28.4 Å². The van der Waals surface area contributed by atoms with E-state index in [1.807, 2.05) is 12.1 Å². The first kappa shape index (κ1) is 17.9. The van der Waals surface area contributed by atoms with Gasteiger partial charge < -0.3 is 14.8 Å². The number of benzene rings is 1. The molecule has 0 spiro atoms. The van der Waals surface area contributed by atoms with Crippen molar-refractivity contribution in [3.8, 4) is 11.5 Å². The van der Waals surface area contributed by atoms with E-state index in [0.717, 1.165) is 40.3 Å². The summed E-state index contributed by atoms with van der Waals surface area (Å²) in [7, 11) is 0. The van der Waals surface area contributed by atoms with E-state index in [9.17, 15) is 4.79 Å². The summed E-state index contributed by atoms with van der Waals surface area (Å²) in [5.74, 6) is 3.49. The fraction of sp³-hybridized carbons (Fsp3) is 0.611. The third kappa shape index (κ3) is 5.06. The molecule has 0 atom stereocenters. The van der Waals surface area contributed by atoms with E-state index in [2.05, 4.69) is 21.2 Å². The lowest BCUT2D eigenvalue weighted by atomic mass is 9.95. The molecule has 0 unspecified atom stereocenters. The molecule has 1 amide bonds. The Bertz CT molecular complexity index is 576. The number of nitrogens with one attached hydrogen (secondary N) is 1. The normalized spacial score (nSPS) is 17.5. The van der Waals surface area contributed by atoms with Crippen LogP contribution in [0.5, 0.6) is 11.5 Å². The average Bonchev–Trinajstić information content (AvgIpc) is 2.60. The Hall–Kier alpha value is -0.880. The first-order valence-corrected chi connectivity index (χ1v) is 10.6. The predicted octanol–water partition coefficient (Wildman–Crippen LogP) is 4.29. The topological polar surface area (TPSA) is 47.6 Å². The molecule has 3 rings (SSSR count). The van der Waals surface area contributed by atoms with Crippen molar-refractivity contribution >= 4 is 33.6 Å². The minimum atomic E-state index is 0.190. The van der Waals surface area contributed by atoms with Crippen molar-refractivity contribution < 1.29 is 14.3 Å². The highest BCUT2D eigenvalue weighted by molar-refractivity contribution is 9.10. The van der Waals surface area contributed by atoms with Crippen molar-refractivity contribution in [1.82, 2.24) is 5.32 Å². The summed E-state index contributed by atoms with van der Waals surface area (Å²) in [6.07, 6.45) is 6.68. The van der Waals surface area contributed by atoms with Crippen molar-refractivity contribution in [3.05, 3.63) is 22.2 Å². The second-order valence-electron chi connectivity index (χ2n) is 6.29. The Morgan fingerprint density at radius 2 is 1.88 bits per heavy atom. The van der Waals surface area contributed by atoms with Crippen molar-refractivity contribution in [2.45, 2.75) is 50.3 Å². The first-order chi connectivity index (χ1) is 11.7. The second-order valence-corrected chi connectivity index (χ2v) is 8.25. The number of rotatable bonds is 6. The summed E-state index contributed by atoms with van der Waals surface area (Å²) in [6.45, 7) is 1.20. The molecule has 2 aliphatic rings. The SMILES string of the molecule is O=C(CCSCc1cc2c(cc1Br)OCCO2)NC1CCCCC1. The lowest BCUT2D eigenvalue weighted by molar-refractivity contribution is -0.121. The van der Waals surface area contributed by atoms with Crippen LogP contribution in [0, 0.1) is 0 Å². The summed E-state index contributed by atoms with van der Waals surface area (Å²) in [5.41, 5.74) is 1.18. The molecule has 0 aromatic heterocycles. The molecule has 1 aromatic carbocycles. The lowest BCUT2D eigenvalue weighted by Gasteiger charge is -2.22. The summed E-state index contributed by atoms with van der Waals surface area (Å²) in [6, 6.07) is 4.41. The van der Waals surface area contributed by atoms with Crippen LogP contribution >= 0.6 is 27.7 Å². The Labute approximate surface area is 156 Å². The molecule has 0 radical (unpaired) electrons. The zero-order chi connectivity index (χ0) is 16.8. The van der Waals surface area contributed by atoms with Gasteiger partial charge in [-0.2, -0.15) is 11.8 Å². The number of carbonyl (C=O) groups is 1. The van der Waals surface area contributed by atoms with Gasteiger partial charge in [0.2, 0.25) is 5.91 Å². The van der Waals surface area contributed by atoms with Crippen molar-refractivity contribution in [2.24, 2.45) is 0 Å². The molecule has 6 heteroatoms. The minimum Gasteiger partial charge on any atom is -0.486 e. The van der Waals surface area contributed by atoms with Crippen LogP contribution in [0.3, 0.4) is 0 Å². The zero-order valence-corrected chi connectivity index (χ0v) is 16.2. The molecule has 0 bridgehead atoms. The molecule has 24 heavy (non-hydrogen) atoms. The summed E-state index contributed by atoms with van der Waals surface area (Å²) >= 11 is 5.37. The van der Waals surface area contributed by atoms with Crippen molar-refractivity contribution in [2.75, 3.05) is 19.0 Å². The third-order valence-electron chi connectivity index (χ3n) is 4.41. The maximum Gasteiger partial charge on any atom is 0.221 e. The summed E-state index contributed by atoms with van der Waals surface area (Å²) in [5, 5.41) is 3.17. The molecule has 1 saturated carbocycles. The standard InChI is InChI=1S/C18H24BrNO3S/c19-15-11-17-16(22-7-8-23-17)10-13(15)12-24-9-6-18(21)20-14-4-2-1-3-5-14/h10-11,14H,1-9,12H2,(H,20,21). The molecular formula is C18H24BrNO3S. The predicted molar refractivity (Wildman–Crippen MR) is 101 cm³/mol. The summed E-state index contributed by atoms with van der Waals surface area (Å²) in [4.78, 5) is 12.0. The molecule has 0 saturated heterocycles. The summed E-state index contributed by atoms with van der Waals surface area (Å²) < 4.78 is 12.2. The lowest BCUT2D eigenvalue weighted by Crippen LogP contribution is -2.36. The van der Waals surface area contributed by atoms with Gasteiger partial charge >= 0.3 is 0 Å². The van der Waals surface area contributed by atoms with E-state index in [0.29, 0.717) is 25.7 Å². The molecule has 1 heterocycles. The average molecular weight is 414 g/mol. The van der Waals surface area contributed by atoms with Gasteiger partial charge in [-0.1, -0.05) is 35.2 Å². The fourth-order valence-corrected chi connectivity index (χ4v) is 4.69. The van der Waals surface area contributed by atoms with Crippen LogP contribution in [0.1, 0.15) is 44.1 Å². The fourth-order valence-electron chi connectivity index (χ4n) is 3.11. The van der Waals surface area contributed by atoms with Crippen LogP contribution in [0.2, 0.25) is 0 Å². The molecular weight excluding hydrogens is 390 g/mol. The van der Waals surface area contributed by atoms with E-state index in [1.165, 1.54) is 24.8 Å². The van der Waals surface area contributed by atoms with Crippen LogP contribution < -0.4 is 14.8 Å². The van der Waals surface area contributed by atoms with E-state index >= 15 is 0 Å². The Balaban J connectivity index is 1.40. The van der Waals surface area contributed by atoms with Gasteiger partial charge in [-0.05, 0) is 30.5 Å². The number of hydrogen-bond donors (Lipinski definition) is 1. The van der Waals surface area contributed by atoms with E-state index in [4.69, 9.17) is 9.47 Å². The molecule has 1 fully saturated rings. The zero-order valence-electron chi connectivity index (χ0n) is 13.8. The van der Waals surface area contributed by atoms with Crippen LogP contribution in [-0.2, 0) is 10.5 Å². The van der Waals surface area contributed by atoms with E-state index in [1.54, 1.807) is 11.8 Å². The smallest absolute Gasteiger partial charge is 0.221 e. The third-order valence-corrected chi connectivity index (χ3v) is 6.16.